The van der Waals surface area contributed by atoms with Crippen molar-refractivity contribution >= 4 is 6.09 Å². The summed E-state index contributed by atoms with van der Waals surface area (Å²) in [7, 11) is 0. The van der Waals surface area contributed by atoms with Crippen LogP contribution in [0.25, 0.3) is 0 Å². The molecule has 0 unspecified atom stereocenters. The number of rotatable bonds is 0. The van der Waals surface area contributed by atoms with Crippen molar-refractivity contribution < 1.29 is 9.90 Å². The number of carboxylic acid groups (broad SMARTS) is 1. The molecule has 0 aliphatic carbocycles. The van der Waals surface area contributed by atoms with Gasteiger partial charge < -0.3 is 15.3 Å². The first-order chi connectivity index (χ1) is 6.22. The number of amides is 1. The fourth-order valence-electron chi connectivity index (χ4n) is 2.42. The van der Waals surface area contributed by atoms with Crippen molar-refractivity contribution in [3.8, 4) is 0 Å². The van der Waals surface area contributed by atoms with Gasteiger partial charge >= 0.3 is 6.09 Å². The molecule has 4 heteroatoms. The molecule has 13 heavy (non-hydrogen) atoms. The number of carbonyl (C=O) groups is 1. The van der Waals surface area contributed by atoms with Crippen molar-refractivity contribution in [1.29, 1.82) is 0 Å². The maximum Gasteiger partial charge on any atom is 0.407 e. The van der Waals surface area contributed by atoms with Gasteiger partial charge in [0.1, 0.15) is 0 Å². The van der Waals surface area contributed by atoms with E-state index in [1.165, 1.54) is 17.7 Å². The molecule has 0 aromatic rings. The lowest BCUT2D eigenvalue weighted by Crippen LogP contribution is -2.51. The number of nitrogens with zero attached hydrogens (tertiary/aromatic N) is 1. The van der Waals surface area contributed by atoms with Crippen LogP contribution in [-0.2, 0) is 0 Å². The van der Waals surface area contributed by atoms with Crippen LogP contribution in [0, 0.1) is 0 Å². The maximum atomic E-state index is 10.7. The van der Waals surface area contributed by atoms with Gasteiger partial charge in [0.05, 0.1) is 0 Å². The van der Waals surface area contributed by atoms with Gasteiger partial charge in [-0.15, -0.1) is 0 Å². The van der Waals surface area contributed by atoms with E-state index in [0.29, 0.717) is 13.1 Å². The van der Waals surface area contributed by atoms with Gasteiger partial charge in [-0.25, -0.2) is 4.79 Å². The number of nitrogens with one attached hydrogen (secondary N) is 1. The molecule has 2 saturated heterocycles. The molecule has 2 rings (SSSR count). The van der Waals surface area contributed by atoms with E-state index >= 15 is 0 Å². The summed E-state index contributed by atoms with van der Waals surface area (Å²) in [4.78, 5) is 12.2. The summed E-state index contributed by atoms with van der Waals surface area (Å²) >= 11 is 0. The van der Waals surface area contributed by atoms with Gasteiger partial charge in [-0.2, -0.15) is 0 Å². The second-order valence-corrected chi connectivity index (χ2v) is 4.08. The topological polar surface area (TPSA) is 52.6 Å². The summed E-state index contributed by atoms with van der Waals surface area (Å²) in [5.74, 6) is 0. The molecule has 1 spiro atoms. The molecule has 0 aromatic heterocycles. The van der Waals surface area contributed by atoms with E-state index in [9.17, 15) is 4.79 Å². The van der Waals surface area contributed by atoms with Gasteiger partial charge in [-0.3, -0.25) is 0 Å². The largest absolute Gasteiger partial charge is 0.465 e. The van der Waals surface area contributed by atoms with Crippen molar-refractivity contribution in [1.82, 2.24) is 10.2 Å². The van der Waals surface area contributed by atoms with Crippen molar-refractivity contribution in [2.24, 2.45) is 0 Å². The Hall–Kier alpha value is -0.770. The molecule has 2 N–H and O–H groups in total. The first-order valence-corrected chi connectivity index (χ1v) is 4.95. The van der Waals surface area contributed by atoms with Crippen LogP contribution in [0.1, 0.15) is 25.7 Å². The lowest BCUT2D eigenvalue weighted by Gasteiger charge is -2.38. The molecule has 2 aliphatic heterocycles. The Morgan fingerprint density at radius 3 is 2.46 bits per heavy atom. The number of piperidine rings is 1. The SMILES string of the molecule is O=C(O)N1CCC2(CCCN2)CC1. The van der Waals surface area contributed by atoms with E-state index < -0.39 is 6.09 Å². The predicted molar refractivity (Wildman–Crippen MR) is 48.8 cm³/mol. The van der Waals surface area contributed by atoms with Gasteiger partial charge in [0.25, 0.3) is 0 Å². The minimum absolute atomic E-state index is 0.284. The van der Waals surface area contributed by atoms with Gasteiger partial charge in [0.2, 0.25) is 0 Å². The third kappa shape index (κ3) is 1.63. The molecule has 4 nitrogen and oxygen atoms in total. The molecule has 74 valence electrons. The molecular weight excluding hydrogens is 168 g/mol. The lowest BCUT2D eigenvalue weighted by atomic mass is 9.86. The number of likely N-dealkylation sites (tertiary alicyclic amines) is 1. The van der Waals surface area contributed by atoms with E-state index in [4.69, 9.17) is 5.11 Å². The minimum Gasteiger partial charge on any atom is -0.465 e. The fourth-order valence-corrected chi connectivity index (χ4v) is 2.42. The molecule has 2 aliphatic rings. The Morgan fingerprint density at radius 2 is 2.00 bits per heavy atom. The molecule has 0 aromatic carbocycles. The van der Waals surface area contributed by atoms with Crippen LogP contribution in [0.5, 0.6) is 0 Å². The zero-order valence-corrected chi connectivity index (χ0v) is 7.75. The van der Waals surface area contributed by atoms with Crippen LogP contribution in [0.2, 0.25) is 0 Å². The third-order valence-corrected chi connectivity index (χ3v) is 3.32. The lowest BCUT2D eigenvalue weighted by molar-refractivity contribution is 0.112. The summed E-state index contributed by atoms with van der Waals surface area (Å²) in [6.45, 7) is 2.50. The highest BCUT2D eigenvalue weighted by Gasteiger charge is 2.37. The second-order valence-electron chi connectivity index (χ2n) is 4.08. The van der Waals surface area contributed by atoms with Gasteiger partial charge in [0.15, 0.2) is 0 Å². The Bertz CT molecular complexity index is 202. The van der Waals surface area contributed by atoms with Gasteiger partial charge in [-0.05, 0) is 32.2 Å². The van der Waals surface area contributed by atoms with Crippen LogP contribution in [0.15, 0.2) is 0 Å². The first-order valence-electron chi connectivity index (χ1n) is 4.95. The minimum atomic E-state index is -0.771. The molecule has 2 heterocycles. The Morgan fingerprint density at radius 1 is 1.31 bits per heavy atom. The monoisotopic (exact) mass is 184 g/mol. The predicted octanol–water partition coefficient (Wildman–Crippen LogP) is 0.882. The summed E-state index contributed by atoms with van der Waals surface area (Å²) in [6, 6.07) is 0. The van der Waals surface area contributed by atoms with E-state index in [0.717, 1.165) is 19.4 Å². The standard InChI is InChI=1S/C9H16N2O2/c12-8(13)11-6-3-9(4-7-11)2-1-5-10-9/h10H,1-7H2,(H,12,13). The highest BCUT2D eigenvalue weighted by atomic mass is 16.4. The van der Waals surface area contributed by atoms with Crippen molar-refractivity contribution in [3.63, 3.8) is 0 Å². The van der Waals surface area contributed by atoms with E-state index in [-0.39, 0.29) is 5.54 Å². The molecule has 2 fully saturated rings. The summed E-state index contributed by atoms with van der Waals surface area (Å²) in [5, 5.41) is 12.3. The highest BCUT2D eigenvalue weighted by molar-refractivity contribution is 5.65. The van der Waals surface area contributed by atoms with Crippen molar-refractivity contribution in [3.05, 3.63) is 0 Å². The zero-order valence-electron chi connectivity index (χ0n) is 7.75. The van der Waals surface area contributed by atoms with E-state index in [1.807, 2.05) is 0 Å². The maximum absolute atomic E-state index is 10.7. The zero-order chi connectivity index (χ0) is 9.31. The van der Waals surface area contributed by atoms with Crippen molar-refractivity contribution in [2.75, 3.05) is 19.6 Å². The molecule has 0 bridgehead atoms. The molecule has 0 radical (unpaired) electrons. The summed E-state index contributed by atoms with van der Waals surface area (Å²) < 4.78 is 0. The quantitative estimate of drug-likeness (QED) is 0.587. The van der Waals surface area contributed by atoms with Crippen molar-refractivity contribution in [2.45, 2.75) is 31.2 Å². The molecule has 0 atom stereocenters. The third-order valence-electron chi connectivity index (χ3n) is 3.32. The van der Waals surface area contributed by atoms with E-state index in [2.05, 4.69) is 5.32 Å². The van der Waals surface area contributed by atoms with Gasteiger partial charge in [0, 0.05) is 18.6 Å². The van der Waals surface area contributed by atoms with Crippen LogP contribution in [0.3, 0.4) is 0 Å². The Balaban J connectivity index is 1.91. The second kappa shape index (κ2) is 3.18. The highest BCUT2D eigenvalue weighted by Crippen LogP contribution is 2.30. The Labute approximate surface area is 77.9 Å². The fraction of sp³-hybridized carbons (Fsp3) is 0.889. The average molecular weight is 184 g/mol. The molecular formula is C9H16N2O2. The first kappa shape index (κ1) is 8.81. The van der Waals surface area contributed by atoms with Gasteiger partial charge in [-0.1, -0.05) is 0 Å². The van der Waals surface area contributed by atoms with Crippen LogP contribution in [0.4, 0.5) is 4.79 Å². The summed E-state index contributed by atoms with van der Waals surface area (Å²) in [5.41, 5.74) is 0.284. The molecule has 0 saturated carbocycles. The van der Waals surface area contributed by atoms with Crippen LogP contribution in [-0.4, -0.2) is 41.3 Å². The van der Waals surface area contributed by atoms with E-state index in [1.54, 1.807) is 0 Å². The number of hydrogen-bond acceptors (Lipinski definition) is 2. The van der Waals surface area contributed by atoms with Crippen LogP contribution >= 0.6 is 0 Å². The molecule has 1 amide bonds. The average Bonchev–Trinajstić information content (AvgIpc) is 2.54. The normalized spacial score (nSPS) is 26.6. The Kier molecular flexibility index (Phi) is 2.15. The summed E-state index contributed by atoms with van der Waals surface area (Å²) in [6.07, 6.45) is 3.67. The number of hydrogen-bond donors (Lipinski definition) is 2. The van der Waals surface area contributed by atoms with Crippen LogP contribution < -0.4 is 5.32 Å². The smallest absolute Gasteiger partial charge is 0.407 e.